The Balaban J connectivity index is 1.42. The molecule has 0 bridgehead atoms. The van der Waals surface area contributed by atoms with Gasteiger partial charge in [-0.25, -0.2) is 0 Å². The van der Waals surface area contributed by atoms with Crippen LogP contribution in [0.4, 0.5) is 10.3 Å². The highest BCUT2D eigenvalue weighted by Crippen LogP contribution is 2.34. The van der Waals surface area contributed by atoms with E-state index in [2.05, 4.69) is 15.5 Å². The minimum atomic E-state index is -0.302. The highest BCUT2D eigenvalue weighted by Gasteiger charge is 2.34. The Morgan fingerprint density at radius 1 is 1.20 bits per heavy atom. The molecule has 4 rings (SSSR count). The quantitative estimate of drug-likeness (QED) is 0.716. The van der Waals surface area contributed by atoms with Crippen LogP contribution in [-0.4, -0.2) is 55.4 Å². The van der Waals surface area contributed by atoms with Gasteiger partial charge in [-0.2, -0.15) is 0 Å². The van der Waals surface area contributed by atoms with Crippen LogP contribution in [0.25, 0.3) is 0 Å². The van der Waals surface area contributed by atoms with Crippen molar-refractivity contribution in [1.29, 1.82) is 0 Å². The van der Waals surface area contributed by atoms with E-state index in [9.17, 15) is 9.59 Å². The fourth-order valence-electron chi connectivity index (χ4n) is 3.85. The minimum absolute atomic E-state index is 0.0561. The molecule has 2 fully saturated rings. The zero-order valence-corrected chi connectivity index (χ0v) is 17.9. The molecule has 2 aromatic rings. The molecule has 10 heteroatoms. The van der Waals surface area contributed by atoms with Gasteiger partial charge in [0.15, 0.2) is 0 Å². The lowest BCUT2D eigenvalue weighted by atomic mass is 10.1. The van der Waals surface area contributed by atoms with Crippen LogP contribution in [-0.2, 0) is 16.1 Å². The summed E-state index contributed by atoms with van der Waals surface area (Å²) < 4.78 is 10.6. The zero-order valence-electron chi connectivity index (χ0n) is 17.1. The predicted octanol–water partition coefficient (Wildman–Crippen LogP) is 1.97. The molecule has 1 aromatic carbocycles. The number of nitrogens with zero attached hydrogens (tertiary/aromatic N) is 4. The number of rotatable bonds is 7. The van der Waals surface area contributed by atoms with Gasteiger partial charge < -0.3 is 19.7 Å². The largest absolute Gasteiger partial charge is 0.497 e. The topological polar surface area (TPSA) is 96.9 Å². The number of benzene rings is 1. The van der Waals surface area contributed by atoms with Crippen molar-refractivity contribution < 1.29 is 19.1 Å². The third-order valence-corrected chi connectivity index (χ3v) is 6.44. The first kappa shape index (κ1) is 20.4. The number of methoxy groups -OCH3 is 2. The van der Waals surface area contributed by atoms with Gasteiger partial charge in [-0.1, -0.05) is 11.3 Å². The summed E-state index contributed by atoms with van der Waals surface area (Å²) in [6.07, 6.45) is 3.06. The van der Waals surface area contributed by atoms with Crippen LogP contribution >= 0.6 is 11.3 Å². The Kier molecular flexibility index (Phi) is 6.03. The van der Waals surface area contributed by atoms with E-state index in [0.717, 1.165) is 31.4 Å². The summed E-state index contributed by atoms with van der Waals surface area (Å²) in [5.74, 6) is 1.40. The molecule has 2 aliphatic rings. The molecule has 2 aliphatic heterocycles. The van der Waals surface area contributed by atoms with Gasteiger partial charge in [0.1, 0.15) is 17.5 Å². The molecule has 0 aliphatic carbocycles. The van der Waals surface area contributed by atoms with Crippen molar-refractivity contribution in [2.75, 3.05) is 37.1 Å². The van der Waals surface area contributed by atoms with Crippen molar-refractivity contribution in [3.05, 3.63) is 23.8 Å². The van der Waals surface area contributed by atoms with Gasteiger partial charge >= 0.3 is 0 Å². The molecule has 0 saturated carbocycles. The van der Waals surface area contributed by atoms with E-state index in [1.54, 1.807) is 25.2 Å². The lowest BCUT2D eigenvalue weighted by Gasteiger charge is -2.23. The van der Waals surface area contributed by atoms with Crippen molar-refractivity contribution >= 4 is 33.4 Å². The second kappa shape index (κ2) is 8.86. The van der Waals surface area contributed by atoms with E-state index >= 15 is 0 Å². The molecule has 0 radical (unpaired) electrons. The molecular weight excluding hydrogens is 406 g/mol. The number of aromatic nitrogens is 2. The molecule has 1 unspecified atom stereocenters. The normalized spacial score (nSPS) is 18.7. The summed E-state index contributed by atoms with van der Waals surface area (Å²) in [4.78, 5) is 28.5. The monoisotopic (exact) mass is 431 g/mol. The number of nitrogens with one attached hydrogen (secondary N) is 1. The Morgan fingerprint density at radius 2 is 2.03 bits per heavy atom. The van der Waals surface area contributed by atoms with Gasteiger partial charge in [-0.05, 0) is 31.4 Å². The van der Waals surface area contributed by atoms with Gasteiger partial charge in [-0.15, -0.1) is 10.2 Å². The zero-order chi connectivity index (χ0) is 21.1. The van der Waals surface area contributed by atoms with Crippen molar-refractivity contribution in [2.24, 2.45) is 0 Å². The van der Waals surface area contributed by atoms with Crippen LogP contribution in [0.15, 0.2) is 18.2 Å². The molecule has 1 aromatic heterocycles. The Labute approximate surface area is 179 Å². The maximum Gasteiger partial charge on any atom is 0.243 e. The summed E-state index contributed by atoms with van der Waals surface area (Å²) in [6.45, 7) is 1.79. The van der Waals surface area contributed by atoms with Crippen LogP contribution in [0.1, 0.15) is 31.2 Å². The van der Waals surface area contributed by atoms with E-state index in [4.69, 9.17) is 9.47 Å². The molecular formula is C20H25N5O4S. The SMILES string of the molecule is COc1ccc(CNC(=O)C2CCCN2c2nnc(N3CCCC3=O)s2)c(OC)c1. The summed E-state index contributed by atoms with van der Waals surface area (Å²) in [7, 11) is 3.19. The van der Waals surface area contributed by atoms with Gasteiger partial charge in [0, 0.05) is 37.7 Å². The van der Waals surface area contributed by atoms with Crippen LogP contribution in [0.2, 0.25) is 0 Å². The number of hydrogen-bond donors (Lipinski definition) is 1. The maximum atomic E-state index is 12.9. The molecule has 9 nitrogen and oxygen atoms in total. The van der Waals surface area contributed by atoms with Crippen molar-refractivity contribution in [3.8, 4) is 11.5 Å². The van der Waals surface area contributed by atoms with Crippen LogP contribution in [0.5, 0.6) is 11.5 Å². The average Bonchev–Trinajstić information content (AvgIpc) is 3.51. The number of amides is 2. The van der Waals surface area contributed by atoms with Crippen molar-refractivity contribution in [1.82, 2.24) is 15.5 Å². The van der Waals surface area contributed by atoms with E-state index in [1.807, 2.05) is 17.0 Å². The fourth-order valence-corrected chi connectivity index (χ4v) is 4.82. The molecule has 0 spiro atoms. The predicted molar refractivity (Wildman–Crippen MR) is 113 cm³/mol. The van der Waals surface area contributed by atoms with Gasteiger partial charge in [0.05, 0.1) is 14.2 Å². The summed E-state index contributed by atoms with van der Waals surface area (Å²) in [5.41, 5.74) is 0.877. The molecule has 3 heterocycles. The van der Waals surface area contributed by atoms with E-state index < -0.39 is 0 Å². The third kappa shape index (κ3) is 4.04. The van der Waals surface area contributed by atoms with E-state index in [1.165, 1.54) is 11.3 Å². The molecule has 30 heavy (non-hydrogen) atoms. The highest BCUT2D eigenvalue weighted by atomic mass is 32.1. The van der Waals surface area contributed by atoms with Crippen molar-refractivity contribution in [3.63, 3.8) is 0 Å². The van der Waals surface area contributed by atoms with E-state index in [0.29, 0.717) is 41.3 Å². The lowest BCUT2D eigenvalue weighted by molar-refractivity contribution is -0.122. The first-order valence-electron chi connectivity index (χ1n) is 10.00. The first-order chi connectivity index (χ1) is 14.6. The number of ether oxygens (including phenoxy) is 2. The lowest BCUT2D eigenvalue weighted by Crippen LogP contribution is -2.43. The molecule has 160 valence electrons. The van der Waals surface area contributed by atoms with Crippen LogP contribution in [0, 0.1) is 0 Å². The number of carbonyl (C=O) groups excluding carboxylic acids is 2. The first-order valence-corrected chi connectivity index (χ1v) is 10.8. The van der Waals surface area contributed by atoms with Gasteiger partial charge in [0.2, 0.25) is 22.1 Å². The van der Waals surface area contributed by atoms with Crippen LogP contribution < -0.4 is 24.6 Å². The minimum Gasteiger partial charge on any atom is -0.497 e. The van der Waals surface area contributed by atoms with Crippen LogP contribution in [0.3, 0.4) is 0 Å². The summed E-state index contributed by atoms with van der Waals surface area (Å²) in [5, 5.41) is 12.8. The summed E-state index contributed by atoms with van der Waals surface area (Å²) in [6, 6.07) is 5.22. The average molecular weight is 432 g/mol. The number of carbonyl (C=O) groups is 2. The molecule has 1 N–H and O–H groups in total. The second-order valence-electron chi connectivity index (χ2n) is 7.26. The standard InChI is InChI=1S/C20H25N5O4S/c1-28-14-8-7-13(16(11-14)29-2)12-21-18(27)15-5-3-9-24(15)19-22-23-20(30-19)25-10-4-6-17(25)26/h7-8,11,15H,3-6,9-10,12H2,1-2H3,(H,21,27). The smallest absolute Gasteiger partial charge is 0.243 e. The molecule has 2 amide bonds. The van der Waals surface area contributed by atoms with Gasteiger partial charge in [-0.3, -0.25) is 14.5 Å². The Bertz CT molecular complexity index is 934. The summed E-state index contributed by atoms with van der Waals surface area (Å²) >= 11 is 1.37. The third-order valence-electron chi connectivity index (χ3n) is 5.46. The highest BCUT2D eigenvalue weighted by molar-refractivity contribution is 7.19. The molecule has 2 saturated heterocycles. The maximum absolute atomic E-state index is 12.9. The number of anilines is 2. The van der Waals surface area contributed by atoms with E-state index in [-0.39, 0.29) is 17.9 Å². The fraction of sp³-hybridized carbons (Fsp3) is 0.500. The Morgan fingerprint density at radius 3 is 2.77 bits per heavy atom. The molecule has 1 atom stereocenters. The number of hydrogen-bond acceptors (Lipinski definition) is 8. The Hall–Kier alpha value is -2.88. The van der Waals surface area contributed by atoms with Gasteiger partial charge in [0.25, 0.3) is 0 Å². The second-order valence-corrected chi connectivity index (χ2v) is 8.20. The van der Waals surface area contributed by atoms with Crippen molar-refractivity contribution in [2.45, 2.75) is 38.3 Å².